The van der Waals surface area contributed by atoms with Crippen molar-refractivity contribution in [2.75, 3.05) is 14.2 Å². The lowest BCUT2D eigenvalue weighted by molar-refractivity contribution is -0.385. The van der Waals surface area contributed by atoms with Crippen LogP contribution in [0.15, 0.2) is 47.6 Å². The lowest BCUT2D eigenvalue weighted by atomic mass is 10.1. The second-order valence-electron chi connectivity index (χ2n) is 4.98. The van der Waals surface area contributed by atoms with Crippen molar-refractivity contribution >= 4 is 17.3 Å². The molecular weight excluding hydrogens is 326 g/mol. The molecule has 0 aliphatic heterocycles. The highest BCUT2D eigenvalue weighted by atomic mass is 16.6. The van der Waals surface area contributed by atoms with Gasteiger partial charge in [0.05, 0.1) is 24.9 Å². The van der Waals surface area contributed by atoms with Crippen LogP contribution in [0, 0.1) is 10.1 Å². The molecule has 8 nitrogen and oxygen atoms in total. The Hall–Kier alpha value is -3.42. The molecule has 0 saturated carbocycles. The van der Waals surface area contributed by atoms with Gasteiger partial charge in [-0.3, -0.25) is 14.9 Å². The van der Waals surface area contributed by atoms with E-state index in [0.717, 1.165) is 0 Å². The summed E-state index contributed by atoms with van der Waals surface area (Å²) in [5.74, 6) is 0.440. The maximum Gasteiger partial charge on any atom is 0.282 e. The zero-order valence-corrected chi connectivity index (χ0v) is 14.0. The Morgan fingerprint density at radius 2 is 1.80 bits per heavy atom. The highest BCUT2D eigenvalue weighted by Gasteiger charge is 2.18. The summed E-state index contributed by atoms with van der Waals surface area (Å²) in [5.41, 5.74) is 3.21. The van der Waals surface area contributed by atoms with Crippen molar-refractivity contribution in [1.29, 1.82) is 0 Å². The summed E-state index contributed by atoms with van der Waals surface area (Å²) in [7, 11) is 3.05. The number of para-hydroxylation sites is 1. The molecule has 0 fully saturated rings. The minimum Gasteiger partial charge on any atom is -0.493 e. The maximum atomic E-state index is 12.2. The van der Waals surface area contributed by atoms with Gasteiger partial charge < -0.3 is 9.47 Å². The Kier molecular flexibility index (Phi) is 5.67. The number of benzene rings is 2. The van der Waals surface area contributed by atoms with Gasteiger partial charge in [-0.15, -0.1) is 0 Å². The number of ether oxygens (including phenoxy) is 2. The van der Waals surface area contributed by atoms with E-state index in [-0.39, 0.29) is 11.3 Å². The molecule has 0 atom stereocenters. The van der Waals surface area contributed by atoms with E-state index in [1.165, 1.54) is 32.4 Å². The molecule has 1 N–H and O–H groups in total. The van der Waals surface area contributed by atoms with Gasteiger partial charge in [0, 0.05) is 11.6 Å². The second-order valence-corrected chi connectivity index (χ2v) is 4.98. The normalized spacial score (nSPS) is 10.9. The topological polar surface area (TPSA) is 103 Å². The van der Waals surface area contributed by atoms with Gasteiger partial charge in [-0.25, -0.2) is 5.43 Å². The Morgan fingerprint density at radius 3 is 2.44 bits per heavy atom. The monoisotopic (exact) mass is 343 g/mol. The zero-order valence-electron chi connectivity index (χ0n) is 14.0. The lowest BCUT2D eigenvalue weighted by Crippen LogP contribution is -2.20. The van der Waals surface area contributed by atoms with Gasteiger partial charge in [0.1, 0.15) is 5.56 Å². The number of hydrazone groups is 1. The van der Waals surface area contributed by atoms with Crippen molar-refractivity contribution in [2.45, 2.75) is 6.92 Å². The lowest BCUT2D eigenvalue weighted by Gasteiger charge is -2.09. The molecule has 0 heterocycles. The third-order valence-corrected chi connectivity index (χ3v) is 3.47. The number of nitro benzene ring substituents is 1. The van der Waals surface area contributed by atoms with Crippen LogP contribution in [0.1, 0.15) is 22.8 Å². The smallest absolute Gasteiger partial charge is 0.282 e. The van der Waals surface area contributed by atoms with Crippen molar-refractivity contribution in [3.8, 4) is 11.5 Å². The summed E-state index contributed by atoms with van der Waals surface area (Å²) in [4.78, 5) is 22.5. The van der Waals surface area contributed by atoms with Gasteiger partial charge in [0.2, 0.25) is 0 Å². The Labute approximate surface area is 144 Å². The van der Waals surface area contributed by atoms with Crippen molar-refractivity contribution < 1.29 is 19.2 Å². The highest BCUT2D eigenvalue weighted by molar-refractivity contribution is 6.02. The van der Waals surface area contributed by atoms with Gasteiger partial charge in [-0.1, -0.05) is 12.1 Å². The average Bonchev–Trinajstić information content (AvgIpc) is 2.65. The summed E-state index contributed by atoms with van der Waals surface area (Å²) in [6, 6.07) is 10.9. The van der Waals surface area contributed by atoms with Crippen LogP contribution >= 0.6 is 0 Å². The van der Waals surface area contributed by atoms with Gasteiger partial charge >= 0.3 is 0 Å². The van der Waals surface area contributed by atoms with Crippen molar-refractivity contribution in [2.24, 2.45) is 5.10 Å². The average molecular weight is 343 g/mol. The number of amides is 1. The van der Waals surface area contributed by atoms with Gasteiger partial charge in [0.15, 0.2) is 11.5 Å². The number of rotatable bonds is 6. The van der Waals surface area contributed by atoms with E-state index < -0.39 is 10.8 Å². The number of hydrogen-bond donors (Lipinski definition) is 1. The second kappa shape index (κ2) is 7.91. The number of carbonyl (C=O) groups is 1. The Balaban J connectivity index is 2.22. The molecule has 2 rings (SSSR count). The van der Waals surface area contributed by atoms with E-state index in [4.69, 9.17) is 9.47 Å². The van der Waals surface area contributed by atoms with Crippen LogP contribution in [0.2, 0.25) is 0 Å². The van der Waals surface area contributed by atoms with Crippen LogP contribution in [0.25, 0.3) is 0 Å². The predicted molar refractivity (Wildman–Crippen MR) is 92.3 cm³/mol. The number of nitrogens with zero attached hydrogens (tertiary/aromatic N) is 2. The minimum atomic E-state index is -0.660. The van der Waals surface area contributed by atoms with Gasteiger partial charge in [-0.05, 0) is 31.2 Å². The first-order chi connectivity index (χ1) is 12.0. The first-order valence-electron chi connectivity index (χ1n) is 7.28. The van der Waals surface area contributed by atoms with E-state index in [9.17, 15) is 14.9 Å². The van der Waals surface area contributed by atoms with Crippen LogP contribution in [0.5, 0.6) is 11.5 Å². The fourth-order valence-electron chi connectivity index (χ4n) is 2.15. The molecule has 0 aliphatic carbocycles. The van der Waals surface area contributed by atoms with Crippen molar-refractivity contribution in [3.63, 3.8) is 0 Å². The third kappa shape index (κ3) is 4.11. The zero-order chi connectivity index (χ0) is 18.4. The molecule has 0 aliphatic rings. The first-order valence-corrected chi connectivity index (χ1v) is 7.28. The molecule has 0 aromatic heterocycles. The van der Waals surface area contributed by atoms with E-state index >= 15 is 0 Å². The first kappa shape index (κ1) is 17.9. The maximum absolute atomic E-state index is 12.2. The summed E-state index contributed by atoms with van der Waals surface area (Å²) >= 11 is 0. The molecular formula is C17H17N3O5. The van der Waals surface area contributed by atoms with Crippen LogP contribution in [0.3, 0.4) is 0 Å². The largest absolute Gasteiger partial charge is 0.493 e. The summed E-state index contributed by atoms with van der Waals surface area (Å²) in [6.07, 6.45) is 0. The fourth-order valence-corrected chi connectivity index (χ4v) is 2.15. The molecule has 2 aromatic carbocycles. The van der Waals surface area contributed by atoms with E-state index in [1.54, 1.807) is 31.2 Å². The van der Waals surface area contributed by atoms with Crippen LogP contribution < -0.4 is 14.9 Å². The summed E-state index contributed by atoms with van der Waals surface area (Å²) < 4.78 is 10.4. The highest BCUT2D eigenvalue weighted by Crippen LogP contribution is 2.27. The Morgan fingerprint density at radius 1 is 1.12 bits per heavy atom. The third-order valence-electron chi connectivity index (χ3n) is 3.47. The standard InChI is InChI=1S/C17H17N3O5/c1-11(12-8-9-15(24-2)16(10-12)25-3)18-19-17(21)13-6-4-5-7-14(13)20(22)23/h4-10H,1-3H3,(H,19,21)/b18-11+. The van der Waals surface area contributed by atoms with E-state index in [0.29, 0.717) is 22.8 Å². The molecule has 8 heteroatoms. The molecule has 0 bridgehead atoms. The fraction of sp³-hybridized carbons (Fsp3) is 0.176. The van der Waals surface area contributed by atoms with Crippen LogP contribution in [-0.2, 0) is 0 Å². The van der Waals surface area contributed by atoms with Crippen LogP contribution in [-0.4, -0.2) is 30.8 Å². The number of nitrogens with one attached hydrogen (secondary N) is 1. The molecule has 1 amide bonds. The number of hydrogen-bond acceptors (Lipinski definition) is 6. The quantitative estimate of drug-likeness (QED) is 0.493. The van der Waals surface area contributed by atoms with Gasteiger partial charge in [-0.2, -0.15) is 5.10 Å². The van der Waals surface area contributed by atoms with Crippen molar-refractivity contribution in [1.82, 2.24) is 5.43 Å². The van der Waals surface area contributed by atoms with Gasteiger partial charge in [0.25, 0.3) is 11.6 Å². The van der Waals surface area contributed by atoms with E-state index in [2.05, 4.69) is 10.5 Å². The molecule has 130 valence electrons. The minimum absolute atomic E-state index is 0.0589. The molecule has 0 radical (unpaired) electrons. The molecule has 0 spiro atoms. The Bertz CT molecular complexity index is 833. The number of carbonyl (C=O) groups excluding carboxylic acids is 1. The van der Waals surface area contributed by atoms with E-state index in [1.807, 2.05) is 0 Å². The SMILES string of the molecule is COc1ccc(/C(C)=N/NC(=O)c2ccccc2[N+](=O)[O-])cc1OC. The summed E-state index contributed by atoms with van der Waals surface area (Å²) in [5, 5.41) is 15.0. The van der Waals surface area contributed by atoms with Crippen molar-refractivity contribution in [3.05, 3.63) is 63.7 Å². The van der Waals surface area contributed by atoms with Crippen LogP contribution in [0.4, 0.5) is 5.69 Å². The predicted octanol–water partition coefficient (Wildman–Crippen LogP) is 2.77. The molecule has 0 unspecified atom stereocenters. The molecule has 2 aromatic rings. The number of nitro groups is 1. The molecule has 25 heavy (non-hydrogen) atoms. The summed E-state index contributed by atoms with van der Waals surface area (Å²) in [6.45, 7) is 1.70. The number of methoxy groups -OCH3 is 2. The molecule has 0 saturated heterocycles.